The van der Waals surface area contributed by atoms with Gasteiger partial charge in [0.05, 0.1) is 43.6 Å². The number of esters is 2. The molecule has 0 saturated heterocycles. The summed E-state index contributed by atoms with van der Waals surface area (Å²) in [7, 11) is 0. The molecule has 0 unspecified atom stereocenters. The number of amides is 1. The molecule has 188 valence electrons. The van der Waals surface area contributed by atoms with Crippen LogP contribution in [0.3, 0.4) is 0 Å². The summed E-state index contributed by atoms with van der Waals surface area (Å²) in [6.07, 6.45) is -0.0323. The van der Waals surface area contributed by atoms with Crippen LogP contribution in [0.2, 0.25) is 0 Å². The van der Waals surface area contributed by atoms with E-state index in [4.69, 9.17) is 35.0 Å². The highest BCUT2D eigenvalue weighted by molar-refractivity contribution is 5.86. The molecule has 0 aromatic rings. The summed E-state index contributed by atoms with van der Waals surface area (Å²) in [6, 6.07) is -1.35. The zero-order chi connectivity index (χ0) is 24.6. The Morgan fingerprint density at radius 3 is 1.75 bits per heavy atom. The van der Waals surface area contributed by atoms with Crippen molar-refractivity contribution in [3.8, 4) is 0 Å². The molecule has 1 amide bonds. The van der Waals surface area contributed by atoms with Crippen molar-refractivity contribution >= 4 is 18.0 Å². The first kappa shape index (κ1) is 29.9. The van der Waals surface area contributed by atoms with Gasteiger partial charge in [0.2, 0.25) is 0 Å². The summed E-state index contributed by atoms with van der Waals surface area (Å²) >= 11 is 0. The Balaban J connectivity index is 4.53. The molecule has 0 spiro atoms. The smallest absolute Gasteiger partial charge is 0.408 e. The number of rotatable bonds is 16. The van der Waals surface area contributed by atoms with E-state index in [1.54, 1.807) is 20.8 Å². The van der Waals surface area contributed by atoms with Gasteiger partial charge in [-0.1, -0.05) is 0 Å². The van der Waals surface area contributed by atoms with Crippen LogP contribution >= 0.6 is 0 Å². The Hall–Kier alpha value is -2.11. The highest BCUT2D eigenvalue weighted by Gasteiger charge is 2.28. The van der Waals surface area contributed by atoms with Crippen LogP contribution in [0.1, 0.15) is 52.9 Å². The molecule has 0 aliphatic carbocycles. The Kier molecular flexibility index (Phi) is 15.4. The average molecular weight is 471 g/mol. The van der Waals surface area contributed by atoms with E-state index in [1.807, 2.05) is 0 Å². The topological polar surface area (TPSA) is 197 Å². The van der Waals surface area contributed by atoms with Crippen molar-refractivity contribution in [2.45, 2.75) is 64.5 Å². The molecule has 0 bridgehead atoms. The van der Waals surface area contributed by atoms with E-state index in [9.17, 15) is 14.4 Å². The van der Waals surface area contributed by atoms with Gasteiger partial charge in [0.25, 0.3) is 0 Å². The van der Waals surface area contributed by atoms with Gasteiger partial charge in [-0.05, 0) is 46.5 Å². The quantitative estimate of drug-likeness (QED) is 0.0922. The molecule has 0 rings (SSSR count). The van der Waals surface area contributed by atoms with Crippen LogP contribution in [0.15, 0.2) is 0 Å². The summed E-state index contributed by atoms with van der Waals surface area (Å²) in [5, 5.41) is 35.0. The molecule has 32 heavy (non-hydrogen) atoms. The van der Waals surface area contributed by atoms with Gasteiger partial charge in [-0.25, -0.2) is 9.59 Å². The Morgan fingerprint density at radius 2 is 1.28 bits per heavy atom. The van der Waals surface area contributed by atoms with Crippen LogP contribution in [0.5, 0.6) is 0 Å². The number of carbonyl (C=O) groups is 3. The lowest BCUT2D eigenvalue weighted by Gasteiger charge is -2.22. The van der Waals surface area contributed by atoms with Crippen LogP contribution in [0.4, 0.5) is 4.79 Å². The number of nitrogens with one attached hydrogen (secondary N) is 1. The van der Waals surface area contributed by atoms with Gasteiger partial charge >= 0.3 is 18.0 Å². The van der Waals surface area contributed by atoms with Crippen LogP contribution in [0.25, 0.3) is 0 Å². The predicted molar refractivity (Wildman–Crippen MR) is 101 cm³/mol. The molecule has 0 heterocycles. The molecule has 15 heteroatoms. The van der Waals surface area contributed by atoms with E-state index in [0.29, 0.717) is 25.7 Å². The van der Waals surface area contributed by atoms with Crippen LogP contribution in [0, 0.1) is 0 Å². The van der Waals surface area contributed by atoms with E-state index in [1.165, 1.54) is 0 Å². The summed E-state index contributed by atoms with van der Waals surface area (Å²) in [4.78, 5) is 45.1. The molecule has 0 fully saturated rings. The number of hydrogen-bond acceptors (Lipinski definition) is 14. The number of ether oxygens (including phenoxy) is 3. The van der Waals surface area contributed by atoms with Crippen molar-refractivity contribution in [3.63, 3.8) is 0 Å². The third kappa shape index (κ3) is 18.6. The van der Waals surface area contributed by atoms with Gasteiger partial charge in [0, 0.05) is 0 Å². The number of carbonyl (C=O) groups excluding carboxylic acids is 3. The maximum absolute atomic E-state index is 12.3. The molecule has 5 N–H and O–H groups in total. The van der Waals surface area contributed by atoms with E-state index < -0.39 is 46.9 Å². The molecule has 0 saturated carbocycles. The van der Waals surface area contributed by atoms with Crippen molar-refractivity contribution in [1.29, 1.82) is 0 Å². The summed E-state index contributed by atoms with van der Waals surface area (Å²) in [6.45, 7) is 4.77. The molecule has 15 nitrogen and oxygen atoms in total. The second-order valence-electron chi connectivity index (χ2n) is 7.38. The van der Waals surface area contributed by atoms with Crippen LogP contribution in [-0.2, 0) is 33.5 Å². The molecule has 0 aliphatic rings. The van der Waals surface area contributed by atoms with Gasteiger partial charge in [-0.2, -0.15) is 0 Å². The second kappa shape index (κ2) is 16.5. The Morgan fingerprint density at radius 1 is 0.812 bits per heavy atom. The molecule has 0 aromatic heterocycles. The largest absolute Gasteiger partial charge is 0.466 e. The monoisotopic (exact) mass is 471 g/mol. The minimum atomic E-state index is -1.35. The Bertz CT molecular complexity index is 553. The molecule has 0 radical (unpaired) electrons. The summed E-state index contributed by atoms with van der Waals surface area (Å²) in [5.74, 6) is -1.65. The first-order chi connectivity index (χ1) is 14.9. The fourth-order valence-electron chi connectivity index (χ4n) is 2.03. The predicted octanol–water partition coefficient (Wildman–Crippen LogP) is 0.941. The summed E-state index contributed by atoms with van der Waals surface area (Å²) in [5.41, 5.74) is -0.826. The fourth-order valence-corrected chi connectivity index (χ4v) is 2.03. The van der Waals surface area contributed by atoms with Gasteiger partial charge in [-0.15, -0.1) is 0 Å². The minimum absolute atomic E-state index is 0.0139. The zero-order valence-electron chi connectivity index (χ0n) is 18.4. The van der Waals surface area contributed by atoms with Gasteiger partial charge in [0.15, 0.2) is 0 Å². The average Bonchev–Trinajstić information content (AvgIpc) is 2.64. The lowest BCUT2D eigenvalue weighted by Crippen LogP contribution is -2.45. The molecule has 1 atom stereocenters. The molecular formula is C17H33N3O12. The number of hydrogen-bond donors (Lipinski definition) is 5. The molecular weight excluding hydrogens is 438 g/mol. The standard InChI is InChI=1S/C17H33N3O12/c1-17(2,3)32-16(23)18-13(15(22)29-9-5-7-11-31-20(26)27)12-14(21)28-8-4-6-10-30-19(24)25/h13,24-27H,4-12H2,1-3H3,(H,18,23)/t13-/m0/s1. The van der Waals surface area contributed by atoms with E-state index in [-0.39, 0.29) is 26.4 Å². The lowest BCUT2D eigenvalue weighted by atomic mass is 10.2. The highest BCUT2D eigenvalue weighted by Crippen LogP contribution is 2.08. The normalized spacial score (nSPS) is 12.5. The van der Waals surface area contributed by atoms with Gasteiger partial charge in [0.1, 0.15) is 11.6 Å². The summed E-state index contributed by atoms with van der Waals surface area (Å²) < 4.78 is 15.1. The zero-order valence-corrected chi connectivity index (χ0v) is 18.4. The first-order valence-corrected chi connectivity index (χ1v) is 9.84. The number of alkyl carbamates (subject to hydrolysis) is 1. The van der Waals surface area contributed by atoms with E-state index in [2.05, 4.69) is 15.0 Å². The van der Waals surface area contributed by atoms with Gasteiger partial charge < -0.3 is 19.5 Å². The number of nitrogens with zero attached hydrogens (tertiary/aromatic N) is 2. The lowest BCUT2D eigenvalue weighted by molar-refractivity contribution is -0.492. The van der Waals surface area contributed by atoms with E-state index >= 15 is 0 Å². The SMILES string of the molecule is CC(C)(C)OC(=O)N[C@@H](CC(=O)OCCCCON(O)O)C(=O)OCCCCON(O)O. The van der Waals surface area contributed by atoms with Crippen LogP contribution in [-0.4, -0.2) is 87.7 Å². The first-order valence-electron chi connectivity index (χ1n) is 9.84. The Labute approximate surface area is 185 Å². The molecule has 0 aromatic carbocycles. The maximum atomic E-state index is 12.3. The van der Waals surface area contributed by atoms with Crippen molar-refractivity contribution in [2.24, 2.45) is 0 Å². The second-order valence-corrected chi connectivity index (χ2v) is 7.38. The van der Waals surface area contributed by atoms with Crippen molar-refractivity contribution < 1.29 is 59.1 Å². The van der Waals surface area contributed by atoms with Crippen molar-refractivity contribution in [2.75, 3.05) is 26.4 Å². The van der Waals surface area contributed by atoms with Crippen molar-refractivity contribution in [1.82, 2.24) is 16.1 Å². The van der Waals surface area contributed by atoms with Gasteiger partial charge in [-0.3, -0.25) is 35.3 Å². The third-order valence-corrected chi connectivity index (χ3v) is 3.34. The fraction of sp³-hybridized carbons (Fsp3) is 0.824. The van der Waals surface area contributed by atoms with Crippen molar-refractivity contribution in [3.05, 3.63) is 0 Å². The highest BCUT2D eigenvalue weighted by atomic mass is 17.1. The molecule has 0 aliphatic heterocycles. The van der Waals surface area contributed by atoms with E-state index in [0.717, 1.165) is 0 Å². The minimum Gasteiger partial charge on any atom is -0.466 e. The number of unbranched alkanes of at least 4 members (excludes halogenated alkanes) is 2. The third-order valence-electron chi connectivity index (χ3n) is 3.34. The maximum Gasteiger partial charge on any atom is 0.408 e. The van der Waals surface area contributed by atoms with Crippen LogP contribution < -0.4 is 5.32 Å².